The lowest BCUT2D eigenvalue weighted by Gasteiger charge is -2.23. The molecule has 0 aliphatic rings. The molecular formula is C15H23NO4. The molecule has 112 valence electrons. The number of benzene rings is 1. The Balaban J connectivity index is 2.89. The summed E-state index contributed by atoms with van der Waals surface area (Å²) < 4.78 is 5.18. The quantitative estimate of drug-likeness (QED) is 0.678. The van der Waals surface area contributed by atoms with Gasteiger partial charge in [-0.25, -0.2) is 0 Å². The standard InChI is InChI=1S/C15H23NO4/c1-4-7-16-12(9-14(17)18)15(19)11-5-6-13(20-3)10(2)8-11/h5-6,8,12,15-16,19H,4,7,9H2,1-3H3,(H,17,18). The third kappa shape index (κ3) is 4.51. The third-order valence-electron chi connectivity index (χ3n) is 3.19. The number of hydrogen-bond acceptors (Lipinski definition) is 4. The Hall–Kier alpha value is -1.59. The first-order valence-corrected chi connectivity index (χ1v) is 6.77. The van der Waals surface area contributed by atoms with Crippen molar-refractivity contribution in [2.24, 2.45) is 0 Å². The lowest BCUT2D eigenvalue weighted by Crippen LogP contribution is -2.37. The maximum absolute atomic E-state index is 10.9. The summed E-state index contributed by atoms with van der Waals surface area (Å²) in [7, 11) is 1.59. The summed E-state index contributed by atoms with van der Waals surface area (Å²) in [4.78, 5) is 10.9. The predicted molar refractivity (Wildman–Crippen MR) is 77.0 cm³/mol. The van der Waals surface area contributed by atoms with Gasteiger partial charge in [-0.15, -0.1) is 0 Å². The Bertz CT molecular complexity index is 447. The molecule has 5 nitrogen and oxygen atoms in total. The molecule has 0 radical (unpaired) electrons. The van der Waals surface area contributed by atoms with Crippen LogP contribution < -0.4 is 10.1 Å². The molecule has 0 aliphatic heterocycles. The van der Waals surface area contributed by atoms with Crippen LogP contribution in [-0.4, -0.2) is 35.9 Å². The van der Waals surface area contributed by atoms with Crippen molar-refractivity contribution in [1.29, 1.82) is 0 Å². The largest absolute Gasteiger partial charge is 0.496 e. The van der Waals surface area contributed by atoms with E-state index >= 15 is 0 Å². The van der Waals surface area contributed by atoms with Crippen LogP contribution in [0.4, 0.5) is 0 Å². The second-order valence-corrected chi connectivity index (χ2v) is 4.83. The van der Waals surface area contributed by atoms with E-state index < -0.39 is 18.1 Å². The van der Waals surface area contributed by atoms with Crippen molar-refractivity contribution in [3.63, 3.8) is 0 Å². The van der Waals surface area contributed by atoms with Crippen LogP contribution in [0.25, 0.3) is 0 Å². The second-order valence-electron chi connectivity index (χ2n) is 4.83. The average molecular weight is 281 g/mol. The number of aliphatic carboxylic acids is 1. The van der Waals surface area contributed by atoms with Crippen LogP contribution in [-0.2, 0) is 4.79 Å². The van der Waals surface area contributed by atoms with E-state index in [1.54, 1.807) is 19.2 Å². The van der Waals surface area contributed by atoms with Gasteiger partial charge in [0.15, 0.2) is 0 Å². The Morgan fingerprint density at radius 3 is 2.65 bits per heavy atom. The zero-order valence-electron chi connectivity index (χ0n) is 12.2. The van der Waals surface area contributed by atoms with Crippen molar-refractivity contribution in [2.75, 3.05) is 13.7 Å². The number of aliphatic hydroxyl groups excluding tert-OH is 1. The summed E-state index contributed by atoms with van der Waals surface area (Å²) in [5, 5.41) is 22.4. The summed E-state index contributed by atoms with van der Waals surface area (Å²) in [6, 6.07) is 4.87. The highest BCUT2D eigenvalue weighted by Gasteiger charge is 2.23. The first-order valence-electron chi connectivity index (χ1n) is 6.77. The van der Waals surface area contributed by atoms with Crippen LogP contribution in [0.1, 0.15) is 37.0 Å². The molecule has 0 spiro atoms. The summed E-state index contributed by atoms with van der Waals surface area (Å²) in [5.74, 6) is -0.180. The fourth-order valence-electron chi connectivity index (χ4n) is 2.13. The van der Waals surface area contributed by atoms with Crippen LogP contribution in [0, 0.1) is 6.92 Å². The van der Waals surface area contributed by atoms with E-state index in [1.165, 1.54) is 0 Å². The first kappa shape index (κ1) is 16.5. The molecule has 0 aromatic heterocycles. The third-order valence-corrected chi connectivity index (χ3v) is 3.19. The number of carboxylic acid groups (broad SMARTS) is 1. The van der Waals surface area contributed by atoms with Crippen molar-refractivity contribution >= 4 is 5.97 Å². The smallest absolute Gasteiger partial charge is 0.305 e. The zero-order valence-corrected chi connectivity index (χ0v) is 12.2. The number of nitrogens with one attached hydrogen (secondary N) is 1. The molecule has 1 aromatic carbocycles. The van der Waals surface area contributed by atoms with Gasteiger partial charge in [0.2, 0.25) is 0 Å². The van der Waals surface area contributed by atoms with Crippen LogP contribution in [0.5, 0.6) is 5.75 Å². The Kier molecular flexibility index (Phi) is 6.48. The Morgan fingerprint density at radius 2 is 2.15 bits per heavy atom. The Labute approximate surface area is 119 Å². The van der Waals surface area contributed by atoms with E-state index in [1.807, 2.05) is 19.9 Å². The van der Waals surface area contributed by atoms with Gasteiger partial charge in [0.1, 0.15) is 5.75 Å². The van der Waals surface area contributed by atoms with Gasteiger partial charge < -0.3 is 20.3 Å². The average Bonchev–Trinajstić information content (AvgIpc) is 2.42. The molecule has 0 saturated heterocycles. The summed E-state index contributed by atoms with van der Waals surface area (Å²) in [5.41, 5.74) is 1.60. The van der Waals surface area contributed by atoms with E-state index in [0.29, 0.717) is 12.1 Å². The molecule has 5 heteroatoms. The normalized spacial score (nSPS) is 13.8. The monoisotopic (exact) mass is 281 g/mol. The second kappa shape index (κ2) is 7.87. The van der Waals surface area contributed by atoms with Crippen molar-refractivity contribution in [3.8, 4) is 5.75 Å². The van der Waals surface area contributed by atoms with Crippen LogP contribution in [0.15, 0.2) is 18.2 Å². The van der Waals surface area contributed by atoms with Crippen molar-refractivity contribution in [1.82, 2.24) is 5.32 Å². The van der Waals surface area contributed by atoms with E-state index in [-0.39, 0.29) is 6.42 Å². The maximum Gasteiger partial charge on any atom is 0.305 e. The molecule has 3 N–H and O–H groups in total. The molecule has 2 unspecified atom stereocenters. The lowest BCUT2D eigenvalue weighted by atomic mass is 9.98. The van der Waals surface area contributed by atoms with Crippen molar-refractivity contribution in [3.05, 3.63) is 29.3 Å². The van der Waals surface area contributed by atoms with Gasteiger partial charge in [-0.3, -0.25) is 4.79 Å². The maximum atomic E-state index is 10.9. The molecule has 0 amide bonds. The highest BCUT2D eigenvalue weighted by atomic mass is 16.5. The molecule has 0 heterocycles. The number of aryl methyl sites for hydroxylation is 1. The fourth-order valence-corrected chi connectivity index (χ4v) is 2.13. The lowest BCUT2D eigenvalue weighted by molar-refractivity contribution is -0.138. The van der Waals surface area contributed by atoms with Gasteiger partial charge in [0.05, 0.1) is 19.6 Å². The van der Waals surface area contributed by atoms with E-state index in [0.717, 1.165) is 17.7 Å². The molecule has 20 heavy (non-hydrogen) atoms. The predicted octanol–water partition coefficient (Wildman–Crippen LogP) is 1.88. The molecule has 1 rings (SSSR count). The van der Waals surface area contributed by atoms with Gasteiger partial charge in [0.25, 0.3) is 0 Å². The summed E-state index contributed by atoms with van der Waals surface area (Å²) >= 11 is 0. The molecular weight excluding hydrogens is 258 g/mol. The summed E-state index contributed by atoms with van der Waals surface area (Å²) in [6.45, 7) is 4.56. The van der Waals surface area contributed by atoms with Gasteiger partial charge >= 0.3 is 5.97 Å². The number of ether oxygens (including phenoxy) is 1. The molecule has 2 atom stereocenters. The number of carboxylic acids is 1. The van der Waals surface area contributed by atoms with E-state index in [2.05, 4.69) is 5.32 Å². The number of aliphatic hydroxyl groups is 1. The van der Waals surface area contributed by atoms with E-state index in [9.17, 15) is 9.90 Å². The highest BCUT2D eigenvalue weighted by molar-refractivity contribution is 5.67. The summed E-state index contributed by atoms with van der Waals surface area (Å²) in [6.07, 6.45) is -0.0984. The number of hydrogen-bond donors (Lipinski definition) is 3. The number of carbonyl (C=O) groups is 1. The molecule has 0 bridgehead atoms. The number of methoxy groups -OCH3 is 1. The first-order chi connectivity index (χ1) is 9.49. The SMILES string of the molecule is CCCNC(CC(=O)O)C(O)c1ccc(OC)c(C)c1. The number of rotatable bonds is 8. The van der Waals surface area contributed by atoms with Gasteiger partial charge in [-0.2, -0.15) is 0 Å². The van der Waals surface area contributed by atoms with Crippen LogP contribution >= 0.6 is 0 Å². The van der Waals surface area contributed by atoms with Crippen LogP contribution in [0.3, 0.4) is 0 Å². The fraction of sp³-hybridized carbons (Fsp3) is 0.533. The highest BCUT2D eigenvalue weighted by Crippen LogP contribution is 2.25. The molecule has 0 aliphatic carbocycles. The van der Waals surface area contributed by atoms with Crippen molar-refractivity contribution in [2.45, 2.75) is 38.8 Å². The minimum Gasteiger partial charge on any atom is -0.496 e. The topological polar surface area (TPSA) is 78.8 Å². The van der Waals surface area contributed by atoms with Gasteiger partial charge in [0, 0.05) is 6.04 Å². The molecule has 0 fully saturated rings. The Morgan fingerprint density at radius 1 is 1.45 bits per heavy atom. The zero-order chi connectivity index (χ0) is 15.1. The van der Waals surface area contributed by atoms with Gasteiger partial charge in [-0.1, -0.05) is 13.0 Å². The van der Waals surface area contributed by atoms with Crippen molar-refractivity contribution < 1.29 is 19.7 Å². The van der Waals surface area contributed by atoms with Gasteiger partial charge in [-0.05, 0) is 43.1 Å². The molecule has 1 aromatic rings. The minimum atomic E-state index is -0.928. The minimum absolute atomic E-state index is 0.119. The molecule has 0 saturated carbocycles. The van der Waals surface area contributed by atoms with Crippen LogP contribution in [0.2, 0.25) is 0 Å². The van der Waals surface area contributed by atoms with E-state index in [4.69, 9.17) is 9.84 Å².